The van der Waals surface area contributed by atoms with Crippen molar-refractivity contribution in [2.75, 3.05) is 5.32 Å². The van der Waals surface area contributed by atoms with Crippen LogP contribution in [0.2, 0.25) is 0 Å². The highest BCUT2D eigenvalue weighted by Crippen LogP contribution is 2.21. The number of para-hydroxylation sites is 1. The van der Waals surface area contributed by atoms with E-state index in [2.05, 4.69) is 10.6 Å². The van der Waals surface area contributed by atoms with E-state index in [9.17, 15) is 14.0 Å². The number of nitrogens with one attached hydrogen (secondary N) is 2. The predicted octanol–water partition coefficient (Wildman–Crippen LogP) is 1.37. The third-order valence-electron chi connectivity index (χ3n) is 4.44. The number of anilines is 1. The number of aryl methyl sites for hydroxylation is 1. The Balaban J connectivity index is 1.59. The third-order valence-corrected chi connectivity index (χ3v) is 4.44. The number of rotatable bonds is 5. The fourth-order valence-corrected chi connectivity index (χ4v) is 2.97. The lowest BCUT2D eigenvalue weighted by atomic mass is 10.1. The van der Waals surface area contributed by atoms with E-state index in [1.807, 2.05) is 24.3 Å². The fourth-order valence-electron chi connectivity index (χ4n) is 2.97. The number of fused-ring (bicyclic) bond motifs is 1. The zero-order valence-corrected chi connectivity index (χ0v) is 15.2. The molecule has 146 valence electrons. The number of hydrogen-bond acceptors (Lipinski definition) is 5. The summed E-state index contributed by atoms with van der Waals surface area (Å²) in [6.07, 6.45) is 2.39. The Morgan fingerprint density at radius 2 is 1.96 bits per heavy atom. The molecular formula is C20H22FN5O2. The van der Waals surface area contributed by atoms with Crippen LogP contribution in [0.4, 0.5) is 10.1 Å². The molecule has 0 aromatic heterocycles. The van der Waals surface area contributed by atoms with Crippen molar-refractivity contribution in [1.29, 1.82) is 0 Å². The molecule has 0 saturated carbocycles. The highest BCUT2D eigenvalue weighted by Gasteiger charge is 2.25. The molecule has 28 heavy (non-hydrogen) atoms. The number of hydrazine groups is 1. The van der Waals surface area contributed by atoms with Gasteiger partial charge in [-0.3, -0.25) is 9.59 Å². The molecule has 0 radical (unpaired) electrons. The lowest BCUT2D eigenvalue weighted by molar-refractivity contribution is -0.124. The van der Waals surface area contributed by atoms with Gasteiger partial charge >= 0.3 is 0 Å². The van der Waals surface area contributed by atoms with E-state index in [0.717, 1.165) is 16.8 Å². The van der Waals surface area contributed by atoms with Gasteiger partial charge in [0.2, 0.25) is 5.91 Å². The average Bonchev–Trinajstić information content (AvgIpc) is 2.82. The number of carbonyl (C=O) groups excluding carboxylic acids is 2. The summed E-state index contributed by atoms with van der Waals surface area (Å²) >= 11 is 0. The normalized spacial score (nSPS) is 16.6. The second-order valence-corrected chi connectivity index (χ2v) is 6.59. The van der Waals surface area contributed by atoms with E-state index < -0.39 is 11.9 Å². The Labute approximate surface area is 162 Å². The van der Waals surface area contributed by atoms with Crippen LogP contribution in [-0.4, -0.2) is 22.9 Å². The zero-order chi connectivity index (χ0) is 20.1. The minimum Gasteiger partial charge on any atom is -0.393 e. The third kappa shape index (κ3) is 4.86. The van der Waals surface area contributed by atoms with E-state index >= 15 is 0 Å². The molecule has 2 amide bonds. The quantitative estimate of drug-likeness (QED) is 0.354. The largest absolute Gasteiger partial charge is 0.393 e. The van der Waals surface area contributed by atoms with Crippen molar-refractivity contribution >= 4 is 17.5 Å². The van der Waals surface area contributed by atoms with Gasteiger partial charge in [-0.25, -0.2) is 10.2 Å². The highest BCUT2D eigenvalue weighted by atomic mass is 19.1. The van der Waals surface area contributed by atoms with E-state index in [0.29, 0.717) is 12.8 Å². The number of carbonyl (C=O) groups is 2. The Morgan fingerprint density at radius 3 is 2.71 bits per heavy atom. The van der Waals surface area contributed by atoms with Crippen LogP contribution in [0.25, 0.3) is 0 Å². The summed E-state index contributed by atoms with van der Waals surface area (Å²) in [6, 6.07) is 12.6. The maximum Gasteiger partial charge on any atom is 0.269 e. The Kier molecular flexibility index (Phi) is 5.90. The SMILES string of the molecule is N/C(=C\N(N)Cc1ccc(F)cc1)C(=O)N[C@H]1CCc2ccccc2NC1=O. The van der Waals surface area contributed by atoms with Crippen molar-refractivity contribution < 1.29 is 14.0 Å². The monoisotopic (exact) mass is 383 g/mol. The van der Waals surface area contributed by atoms with Crippen LogP contribution in [0.5, 0.6) is 0 Å². The summed E-state index contributed by atoms with van der Waals surface area (Å²) in [5.74, 6) is 4.63. The summed E-state index contributed by atoms with van der Waals surface area (Å²) in [6.45, 7) is 0.244. The molecule has 6 N–H and O–H groups in total. The van der Waals surface area contributed by atoms with E-state index in [4.69, 9.17) is 11.6 Å². The molecule has 0 bridgehead atoms. The van der Waals surface area contributed by atoms with Gasteiger partial charge in [0.15, 0.2) is 0 Å². The molecule has 0 unspecified atom stereocenters. The first-order chi connectivity index (χ1) is 13.4. The van der Waals surface area contributed by atoms with Crippen molar-refractivity contribution in [3.05, 3.63) is 77.4 Å². The maximum absolute atomic E-state index is 12.9. The van der Waals surface area contributed by atoms with Crippen LogP contribution >= 0.6 is 0 Å². The minimum absolute atomic E-state index is 0.126. The Hall–Kier alpha value is -3.39. The Morgan fingerprint density at radius 1 is 1.25 bits per heavy atom. The summed E-state index contributed by atoms with van der Waals surface area (Å²) in [5.41, 5.74) is 8.22. The van der Waals surface area contributed by atoms with Gasteiger partial charge in [-0.1, -0.05) is 30.3 Å². The minimum atomic E-state index is -0.699. The molecule has 7 nitrogen and oxygen atoms in total. The van der Waals surface area contributed by atoms with Gasteiger partial charge in [0.1, 0.15) is 17.6 Å². The standard InChI is InChI=1S/C20H22FN5O2/c21-15-8-5-13(6-9-15)11-26(23)12-16(22)19(27)25-18-10-7-14-3-1-2-4-17(14)24-20(18)28/h1-6,8-9,12,18H,7,10-11,22-23H2,(H,24,28)(H,25,27)/b16-12-/t18-/m0/s1. The van der Waals surface area contributed by atoms with Crippen molar-refractivity contribution in [3.8, 4) is 0 Å². The first kappa shape index (κ1) is 19.4. The van der Waals surface area contributed by atoms with Crippen LogP contribution in [-0.2, 0) is 22.6 Å². The summed E-state index contributed by atoms with van der Waals surface area (Å²) in [4.78, 5) is 24.7. The van der Waals surface area contributed by atoms with Gasteiger partial charge in [-0.15, -0.1) is 0 Å². The molecule has 0 spiro atoms. The van der Waals surface area contributed by atoms with E-state index in [-0.39, 0.29) is 24.0 Å². The lowest BCUT2D eigenvalue weighted by Gasteiger charge is -2.17. The molecule has 3 rings (SSSR count). The first-order valence-corrected chi connectivity index (χ1v) is 8.85. The number of benzene rings is 2. The summed E-state index contributed by atoms with van der Waals surface area (Å²) < 4.78 is 12.9. The molecule has 8 heteroatoms. The zero-order valence-electron chi connectivity index (χ0n) is 15.2. The van der Waals surface area contributed by atoms with Crippen LogP contribution < -0.4 is 22.2 Å². The molecule has 2 aromatic carbocycles. The summed E-state index contributed by atoms with van der Waals surface area (Å²) in [5, 5.41) is 6.69. The van der Waals surface area contributed by atoms with Crippen LogP contribution in [0, 0.1) is 5.82 Å². The number of amides is 2. The number of hydrogen-bond donors (Lipinski definition) is 4. The molecule has 1 aliphatic rings. The predicted molar refractivity (Wildman–Crippen MR) is 104 cm³/mol. The van der Waals surface area contributed by atoms with Crippen LogP contribution in [0.1, 0.15) is 17.5 Å². The number of nitrogens with two attached hydrogens (primary N) is 2. The van der Waals surface area contributed by atoms with Crippen molar-refractivity contribution in [2.45, 2.75) is 25.4 Å². The molecule has 2 aromatic rings. The topological polar surface area (TPSA) is 113 Å². The molecular weight excluding hydrogens is 361 g/mol. The van der Waals surface area contributed by atoms with Crippen molar-refractivity contribution in [2.24, 2.45) is 11.6 Å². The first-order valence-electron chi connectivity index (χ1n) is 8.85. The molecule has 1 heterocycles. The fraction of sp³-hybridized carbons (Fsp3) is 0.200. The molecule has 0 fully saturated rings. The highest BCUT2D eigenvalue weighted by molar-refractivity contribution is 6.01. The number of halogens is 1. The molecule has 1 atom stereocenters. The van der Waals surface area contributed by atoms with Gasteiger partial charge in [0.05, 0.1) is 6.54 Å². The van der Waals surface area contributed by atoms with E-state index in [1.54, 1.807) is 12.1 Å². The second kappa shape index (κ2) is 8.53. The van der Waals surface area contributed by atoms with Gasteiger partial charge in [0, 0.05) is 11.9 Å². The number of nitrogens with zero attached hydrogens (tertiary/aromatic N) is 1. The molecule has 1 aliphatic heterocycles. The summed E-state index contributed by atoms with van der Waals surface area (Å²) in [7, 11) is 0. The van der Waals surface area contributed by atoms with Gasteiger partial charge < -0.3 is 21.4 Å². The van der Waals surface area contributed by atoms with E-state index in [1.165, 1.54) is 23.3 Å². The van der Waals surface area contributed by atoms with Crippen molar-refractivity contribution in [1.82, 2.24) is 10.3 Å². The Bertz CT molecular complexity index is 898. The molecule has 0 aliphatic carbocycles. The van der Waals surface area contributed by atoms with Gasteiger partial charge in [-0.05, 0) is 42.2 Å². The average molecular weight is 383 g/mol. The lowest BCUT2D eigenvalue weighted by Crippen LogP contribution is -2.45. The second-order valence-electron chi connectivity index (χ2n) is 6.59. The van der Waals surface area contributed by atoms with Crippen LogP contribution in [0.3, 0.4) is 0 Å². The maximum atomic E-state index is 12.9. The van der Waals surface area contributed by atoms with Gasteiger partial charge in [0.25, 0.3) is 5.91 Å². The molecule has 0 saturated heterocycles. The smallest absolute Gasteiger partial charge is 0.269 e. The van der Waals surface area contributed by atoms with Crippen LogP contribution in [0.15, 0.2) is 60.4 Å². The van der Waals surface area contributed by atoms with Crippen molar-refractivity contribution in [3.63, 3.8) is 0 Å². The van der Waals surface area contributed by atoms with Gasteiger partial charge in [-0.2, -0.15) is 0 Å².